The number of hydrogen-bond donors (Lipinski definition) is 0. The van der Waals surface area contributed by atoms with Crippen molar-refractivity contribution in [2.24, 2.45) is 0 Å². The summed E-state index contributed by atoms with van der Waals surface area (Å²) in [6.45, 7) is 0. The number of nitrogens with zero attached hydrogens (tertiary/aromatic N) is 2. The second kappa shape index (κ2) is 15.8. The van der Waals surface area contributed by atoms with E-state index in [1.807, 2.05) is 35.6 Å². The van der Waals surface area contributed by atoms with Gasteiger partial charge in [0.05, 0.1) is 11.4 Å². The molecule has 0 aliphatic carbocycles. The maximum absolute atomic E-state index is 5.14. The summed E-state index contributed by atoms with van der Waals surface area (Å²) < 4.78 is 2.61. The third-order valence-corrected chi connectivity index (χ3v) is 12.6. The van der Waals surface area contributed by atoms with Crippen LogP contribution in [0.2, 0.25) is 0 Å². The van der Waals surface area contributed by atoms with E-state index in [-0.39, 0.29) is 0 Å². The number of rotatable bonds is 8. The average Bonchev–Trinajstić information content (AvgIpc) is 3.73. The summed E-state index contributed by atoms with van der Waals surface area (Å²) in [6, 6.07) is 82.6. The number of fused-ring (bicyclic) bond motifs is 3. The van der Waals surface area contributed by atoms with Crippen LogP contribution in [0.5, 0.6) is 0 Å². The first-order chi connectivity index (χ1) is 30.2. The van der Waals surface area contributed by atoms with E-state index in [1.54, 1.807) is 0 Å². The summed E-state index contributed by atoms with van der Waals surface area (Å²) in [7, 11) is 0. The fourth-order valence-corrected chi connectivity index (χ4v) is 9.58. The lowest BCUT2D eigenvalue weighted by Crippen LogP contribution is -1.96. The van der Waals surface area contributed by atoms with E-state index in [2.05, 4.69) is 206 Å². The molecule has 286 valence electrons. The molecular formula is C58H38N2S. The van der Waals surface area contributed by atoms with Crippen molar-refractivity contribution in [3.63, 3.8) is 0 Å². The molecule has 9 aromatic carbocycles. The molecule has 0 aliphatic rings. The molecule has 0 N–H and O–H groups in total. The van der Waals surface area contributed by atoms with E-state index in [4.69, 9.17) is 9.97 Å². The molecule has 0 saturated heterocycles. The molecule has 61 heavy (non-hydrogen) atoms. The third kappa shape index (κ3) is 7.12. The van der Waals surface area contributed by atoms with Crippen LogP contribution in [0.15, 0.2) is 231 Å². The third-order valence-electron chi connectivity index (χ3n) is 11.5. The molecule has 0 aliphatic heterocycles. The van der Waals surface area contributed by atoms with Crippen molar-refractivity contribution in [2.45, 2.75) is 0 Å². The molecular weight excluding hydrogens is 757 g/mol. The summed E-state index contributed by atoms with van der Waals surface area (Å²) in [6.07, 6.45) is 0. The van der Waals surface area contributed by atoms with Gasteiger partial charge in [0.2, 0.25) is 0 Å². The second-order valence-electron chi connectivity index (χ2n) is 15.3. The first kappa shape index (κ1) is 36.4. The molecule has 2 nitrogen and oxygen atoms in total. The fourth-order valence-electron chi connectivity index (χ4n) is 8.50. The van der Waals surface area contributed by atoms with Crippen LogP contribution in [0.4, 0.5) is 0 Å². The first-order valence-electron chi connectivity index (χ1n) is 20.6. The van der Waals surface area contributed by atoms with Gasteiger partial charge >= 0.3 is 0 Å². The van der Waals surface area contributed by atoms with Gasteiger partial charge in [-0.15, -0.1) is 11.3 Å². The lowest BCUT2D eigenvalue weighted by atomic mass is 9.84. The number of hydrogen-bond acceptors (Lipinski definition) is 3. The Labute approximate surface area is 359 Å². The molecule has 11 aromatic rings. The molecule has 0 saturated carbocycles. The van der Waals surface area contributed by atoms with E-state index in [0.29, 0.717) is 5.82 Å². The van der Waals surface area contributed by atoms with E-state index < -0.39 is 0 Å². The highest BCUT2D eigenvalue weighted by Crippen LogP contribution is 2.46. The van der Waals surface area contributed by atoms with Gasteiger partial charge in [-0.1, -0.05) is 182 Å². The van der Waals surface area contributed by atoms with Gasteiger partial charge < -0.3 is 0 Å². The van der Waals surface area contributed by atoms with E-state index in [1.165, 1.54) is 59.1 Å². The molecule has 0 unspecified atom stereocenters. The first-order valence-corrected chi connectivity index (χ1v) is 21.5. The Balaban J connectivity index is 1.08. The number of thiophene rings is 1. The SMILES string of the molecule is c1ccc(-c2cc(-c3cccc(-c4cccc(-c5cc(-c6ccccc6)nc(-c6ccccc6)n5)c4)c3)c(-c3ccccc3)c(-c3ccc4sc5ccccc5c4c3)c2)cc1. The van der Waals surface area contributed by atoms with Crippen molar-refractivity contribution in [1.82, 2.24) is 9.97 Å². The Kier molecular flexibility index (Phi) is 9.42. The van der Waals surface area contributed by atoms with Crippen molar-refractivity contribution in [3.05, 3.63) is 231 Å². The summed E-state index contributed by atoms with van der Waals surface area (Å²) in [5, 5.41) is 2.59. The zero-order chi connectivity index (χ0) is 40.5. The molecule has 3 heteroatoms. The summed E-state index contributed by atoms with van der Waals surface area (Å²) in [4.78, 5) is 10.2. The van der Waals surface area contributed by atoms with Crippen molar-refractivity contribution >= 4 is 31.5 Å². The summed E-state index contributed by atoms with van der Waals surface area (Å²) in [5.74, 6) is 0.707. The van der Waals surface area contributed by atoms with Crippen molar-refractivity contribution in [3.8, 4) is 89.5 Å². The van der Waals surface area contributed by atoms with Crippen LogP contribution in [0.1, 0.15) is 0 Å². The Morgan fingerprint density at radius 3 is 1.41 bits per heavy atom. The lowest BCUT2D eigenvalue weighted by molar-refractivity contribution is 1.18. The number of aromatic nitrogens is 2. The van der Waals surface area contributed by atoms with Crippen molar-refractivity contribution in [2.75, 3.05) is 0 Å². The van der Waals surface area contributed by atoms with Crippen LogP contribution in [0.25, 0.3) is 110 Å². The Hall–Kier alpha value is -7.72. The molecule has 0 fully saturated rings. The zero-order valence-corrected chi connectivity index (χ0v) is 34.1. The van der Waals surface area contributed by atoms with Gasteiger partial charge in [0.1, 0.15) is 0 Å². The predicted octanol–water partition coefficient (Wildman–Crippen LogP) is 16.2. The molecule has 2 aromatic heterocycles. The highest BCUT2D eigenvalue weighted by atomic mass is 32.1. The van der Waals surface area contributed by atoms with Gasteiger partial charge in [-0.25, -0.2) is 9.97 Å². The second-order valence-corrected chi connectivity index (χ2v) is 16.4. The maximum Gasteiger partial charge on any atom is 0.160 e. The minimum Gasteiger partial charge on any atom is -0.228 e. The van der Waals surface area contributed by atoms with Gasteiger partial charge in [-0.05, 0) is 104 Å². The Bertz CT molecular complexity index is 3280. The standard InChI is InChI=1S/C58H38N2S/c1-5-17-39(18-6-1)48-36-50(57(41-21-9-3-10-22-41)51(37-48)46-31-32-56-52(35-46)49-29-13-14-30-55(49)61-56)45-27-15-25-43(33-45)44-26-16-28-47(34-44)54-38-53(40-19-7-2-8-20-40)59-58(60-54)42-23-11-4-12-24-42/h1-38H. The van der Waals surface area contributed by atoms with Crippen LogP contribution < -0.4 is 0 Å². The molecule has 0 bridgehead atoms. The monoisotopic (exact) mass is 794 g/mol. The van der Waals surface area contributed by atoms with Gasteiger partial charge in [0.25, 0.3) is 0 Å². The normalized spacial score (nSPS) is 11.3. The van der Waals surface area contributed by atoms with Crippen LogP contribution in [0, 0.1) is 0 Å². The maximum atomic E-state index is 5.14. The predicted molar refractivity (Wildman–Crippen MR) is 258 cm³/mol. The van der Waals surface area contributed by atoms with Gasteiger partial charge in [0.15, 0.2) is 5.82 Å². The van der Waals surface area contributed by atoms with Crippen molar-refractivity contribution in [1.29, 1.82) is 0 Å². The molecule has 0 radical (unpaired) electrons. The Morgan fingerprint density at radius 2 is 0.738 bits per heavy atom. The van der Waals surface area contributed by atoms with E-state index >= 15 is 0 Å². The minimum absolute atomic E-state index is 0.707. The molecule has 0 amide bonds. The fraction of sp³-hybridized carbons (Fsp3) is 0. The molecule has 0 atom stereocenters. The van der Waals surface area contributed by atoms with E-state index in [9.17, 15) is 0 Å². The van der Waals surface area contributed by atoms with Crippen LogP contribution in [-0.4, -0.2) is 9.97 Å². The largest absolute Gasteiger partial charge is 0.228 e. The topological polar surface area (TPSA) is 25.8 Å². The van der Waals surface area contributed by atoms with E-state index in [0.717, 1.165) is 44.8 Å². The van der Waals surface area contributed by atoms with Crippen LogP contribution in [0.3, 0.4) is 0 Å². The van der Waals surface area contributed by atoms with Crippen LogP contribution in [-0.2, 0) is 0 Å². The molecule has 11 rings (SSSR count). The van der Waals surface area contributed by atoms with Crippen molar-refractivity contribution < 1.29 is 0 Å². The Morgan fingerprint density at radius 1 is 0.262 bits per heavy atom. The van der Waals surface area contributed by atoms with Gasteiger partial charge in [0, 0.05) is 36.9 Å². The molecule has 2 heterocycles. The quantitative estimate of drug-likeness (QED) is 0.153. The zero-order valence-electron chi connectivity index (χ0n) is 33.2. The summed E-state index contributed by atoms with van der Waals surface area (Å²) in [5.41, 5.74) is 16.6. The van der Waals surface area contributed by atoms with Gasteiger partial charge in [-0.3, -0.25) is 0 Å². The number of benzene rings is 9. The average molecular weight is 795 g/mol. The highest BCUT2D eigenvalue weighted by Gasteiger charge is 2.19. The highest BCUT2D eigenvalue weighted by molar-refractivity contribution is 7.25. The summed E-state index contributed by atoms with van der Waals surface area (Å²) >= 11 is 1.86. The van der Waals surface area contributed by atoms with Crippen LogP contribution >= 0.6 is 11.3 Å². The lowest BCUT2D eigenvalue weighted by Gasteiger charge is -2.20. The smallest absolute Gasteiger partial charge is 0.160 e. The van der Waals surface area contributed by atoms with Gasteiger partial charge in [-0.2, -0.15) is 0 Å². The minimum atomic E-state index is 0.707. The molecule has 0 spiro atoms.